The molecule has 2 saturated heterocycles. The minimum atomic E-state index is -1.26. The number of likely N-dealkylation sites (N-methyl/N-ethyl adjacent to an activating group) is 1. The van der Waals surface area contributed by atoms with E-state index in [4.69, 9.17) is 19.7 Å². The molecule has 0 atom stereocenters. The number of hydrogen-bond donors (Lipinski definition) is 2. The van der Waals surface area contributed by atoms with Gasteiger partial charge >= 0.3 is 18.0 Å². The summed E-state index contributed by atoms with van der Waals surface area (Å²) in [5.74, 6) is -1.22. The molecule has 0 spiro atoms. The number of benzene rings is 1. The summed E-state index contributed by atoms with van der Waals surface area (Å²) < 4.78 is 11.5. The second kappa shape index (κ2) is 15.7. The Balaban J connectivity index is 0.000000507. The molecule has 0 unspecified atom stereocenters. The molecule has 0 aromatic heterocycles. The first-order valence-corrected chi connectivity index (χ1v) is 13.8. The third kappa shape index (κ3) is 9.87. The molecule has 0 radical (unpaired) electrons. The van der Waals surface area contributed by atoms with Gasteiger partial charge in [0.05, 0.1) is 18.9 Å². The number of hydrogen-bond acceptors (Lipinski definition) is 9. The molecule has 224 valence electrons. The SMILES string of the molecule is CCCOc1ccc2c(c1)/C(=N/N1CC(=O)N(CCCCN3CCN(C)CC3)C1=O)CCO2.O=C(O)/C=C/C(=O)O. The minimum absolute atomic E-state index is 0.0109. The van der Waals surface area contributed by atoms with Crippen LogP contribution < -0.4 is 9.47 Å². The maximum Gasteiger partial charge on any atom is 0.347 e. The molecule has 3 amide bonds. The van der Waals surface area contributed by atoms with Crippen LogP contribution in [-0.4, -0.2) is 126 Å². The van der Waals surface area contributed by atoms with Gasteiger partial charge in [-0.1, -0.05) is 6.92 Å². The van der Waals surface area contributed by atoms with E-state index < -0.39 is 11.9 Å². The van der Waals surface area contributed by atoms with E-state index in [1.165, 1.54) is 9.91 Å². The van der Waals surface area contributed by atoms with Crippen molar-refractivity contribution in [1.29, 1.82) is 0 Å². The lowest BCUT2D eigenvalue weighted by atomic mass is 10.0. The van der Waals surface area contributed by atoms with Crippen LogP contribution in [-0.2, 0) is 14.4 Å². The first-order valence-electron chi connectivity index (χ1n) is 13.8. The summed E-state index contributed by atoms with van der Waals surface area (Å²) in [6, 6.07) is 5.32. The van der Waals surface area contributed by atoms with Gasteiger partial charge in [-0.15, -0.1) is 0 Å². The fraction of sp³-hybridized carbons (Fsp3) is 0.536. The monoisotopic (exact) mass is 573 g/mol. The number of carboxylic acids is 2. The zero-order chi connectivity index (χ0) is 29.8. The minimum Gasteiger partial charge on any atom is -0.494 e. The number of urea groups is 1. The van der Waals surface area contributed by atoms with E-state index in [1.54, 1.807) is 0 Å². The van der Waals surface area contributed by atoms with Gasteiger partial charge in [-0.3, -0.25) is 9.69 Å². The lowest BCUT2D eigenvalue weighted by Crippen LogP contribution is -2.44. The summed E-state index contributed by atoms with van der Waals surface area (Å²) in [4.78, 5) is 50.7. The van der Waals surface area contributed by atoms with Gasteiger partial charge in [0.25, 0.3) is 5.91 Å². The molecule has 2 fully saturated rings. The number of carbonyl (C=O) groups excluding carboxylic acids is 2. The van der Waals surface area contributed by atoms with Crippen molar-refractivity contribution in [3.63, 3.8) is 0 Å². The molecule has 1 aromatic rings. The van der Waals surface area contributed by atoms with E-state index in [0.717, 1.165) is 74.8 Å². The smallest absolute Gasteiger partial charge is 0.347 e. The van der Waals surface area contributed by atoms with Crippen LogP contribution in [0.2, 0.25) is 0 Å². The van der Waals surface area contributed by atoms with Crippen LogP contribution in [0.15, 0.2) is 35.5 Å². The number of amides is 3. The second-order valence-electron chi connectivity index (χ2n) is 9.90. The molecule has 0 saturated carbocycles. The van der Waals surface area contributed by atoms with Crippen molar-refractivity contribution in [1.82, 2.24) is 19.7 Å². The molecular formula is C28H39N5O8. The van der Waals surface area contributed by atoms with Gasteiger partial charge in [0.15, 0.2) is 0 Å². The van der Waals surface area contributed by atoms with Crippen LogP contribution in [0.1, 0.15) is 38.2 Å². The first kappa shape index (κ1) is 31.6. The van der Waals surface area contributed by atoms with Gasteiger partial charge in [0.2, 0.25) is 0 Å². The molecule has 3 aliphatic rings. The number of aliphatic carboxylic acids is 2. The van der Waals surface area contributed by atoms with Crippen LogP contribution in [0.5, 0.6) is 11.5 Å². The number of rotatable bonds is 11. The Morgan fingerprint density at radius 1 is 1.05 bits per heavy atom. The van der Waals surface area contributed by atoms with Gasteiger partial charge in [-0.2, -0.15) is 5.10 Å². The second-order valence-corrected chi connectivity index (χ2v) is 9.90. The van der Waals surface area contributed by atoms with E-state index in [-0.39, 0.29) is 18.5 Å². The van der Waals surface area contributed by atoms with Crippen molar-refractivity contribution >= 4 is 29.6 Å². The topological polar surface area (TPSA) is 153 Å². The summed E-state index contributed by atoms with van der Waals surface area (Å²) in [6.07, 6.45) is 4.39. The molecule has 13 heteroatoms. The maximum absolute atomic E-state index is 12.9. The number of unbranched alkanes of at least 4 members (excludes halogenated alkanes) is 1. The highest BCUT2D eigenvalue weighted by atomic mass is 16.5. The van der Waals surface area contributed by atoms with Crippen molar-refractivity contribution in [2.75, 3.05) is 66.1 Å². The number of ether oxygens (including phenoxy) is 2. The molecule has 13 nitrogen and oxygen atoms in total. The van der Waals surface area contributed by atoms with Crippen LogP contribution in [0.3, 0.4) is 0 Å². The summed E-state index contributed by atoms with van der Waals surface area (Å²) in [5, 5.41) is 21.5. The van der Waals surface area contributed by atoms with Gasteiger partial charge in [0.1, 0.15) is 18.0 Å². The van der Waals surface area contributed by atoms with E-state index in [0.29, 0.717) is 38.3 Å². The Bertz CT molecular complexity index is 1130. The normalized spacial score (nSPS) is 18.7. The fourth-order valence-electron chi connectivity index (χ4n) is 4.46. The standard InChI is InChI=1S/C24H35N5O4.C4H4O4/c1-3-15-32-19-6-7-22-20(17-19)21(8-16-33-22)25-29-18-23(30)28(24(29)31)10-5-4-9-27-13-11-26(2)12-14-27;5-3(6)1-2-4(7)8/h6-7,17H,3-5,8-16,18H2,1-2H3;1-2H,(H,5,6)(H,7,8)/b25-21+;2-1+. The average molecular weight is 574 g/mol. The molecule has 2 N–H and O–H groups in total. The Labute approximate surface area is 239 Å². The summed E-state index contributed by atoms with van der Waals surface area (Å²) in [7, 11) is 2.15. The first-order chi connectivity index (χ1) is 19.7. The highest BCUT2D eigenvalue weighted by Crippen LogP contribution is 2.30. The van der Waals surface area contributed by atoms with Gasteiger partial charge < -0.3 is 29.5 Å². The molecule has 0 aliphatic carbocycles. The van der Waals surface area contributed by atoms with Crippen LogP contribution in [0, 0.1) is 0 Å². The highest BCUT2D eigenvalue weighted by Gasteiger charge is 2.36. The summed E-state index contributed by atoms with van der Waals surface area (Å²) in [6.45, 7) is 8.99. The Morgan fingerprint density at radius 2 is 1.73 bits per heavy atom. The molecular weight excluding hydrogens is 534 g/mol. The predicted octanol–water partition coefficient (Wildman–Crippen LogP) is 1.97. The van der Waals surface area contributed by atoms with Crippen molar-refractivity contribution in [3.05, 3.63) is 35.9 Å². The number of hydrazone groups is 1. The lowest BCUT2D eigenvalue weighted by Gasteiger charge is -2.32. The number of carbonyl (C=O) groups is 4. The van der Waals surface area contributed by atoms with Crippen LogP contribution in [0.4, 0.5) is 4.79 Å². The van der Waals surface area contributed by atoms with E-state index >= 15 is 0 Å². The van der Waals surface area contributed by atoms with Crippen LogP contribution in [0.25, 0.3) is 0 Å². The summed E-state index contributed by atoms with van der Waals surface area (Å²) in [5.41, 5.74) is 1.57. The van der Waals surface area contributed by atoms with Crippen LogP contribution >= 0.6 is 0 Å². The summed E-state index contributed by atoms with van der Waals surface area (Å²) >= 11 is 0. The van der Waals surface area contributed by atoms with Crippen molar-refractivity contribution in [2.45, 2.75) is 32.6 Å². The maximum atomic E-state index is 12.9. The van der Waals surface area contributed by atoms with Gasteiger partial charge in [0, 0.05) is 56.9 Å². The highest BCUT2D eigenvalue weighted by molar-refractivity contribution is 6.06. The molecule has 0 bridgehead atoms. The van der Waals surface area contributed by atoms with E-state index in [9.17, 15) is 19.2 Å². The number of imide groups is 1. The van der Waals surface area contributed by atoms with Crippen molar-refractivity contribution < 1.29 is 38.9 Å². The predicted molar refractivity (Wildman–Crippen MR) is 150 cm³/mol. The Morgan fingerprint density at radius 3 is 2.39 bits per heavy atom. The zero-order valence-electron chi connectivity index (χ0n) is 23.7. The largest absolute Gasteiger partial charge is 0.494 e. The number of fused-ring (bicyclic) bond motifs is 1. The van der Waals surface area contributed by atoms with Crippen molar-refractivity contribution in [3.8, 4) is 11.5 Å². The van der Waals surface area contributed by atoms with E-state index in [2.05, 4.69) is 28.9 Å². The number of piperazine rings is 1. The molecule has 3 heterocycles. The number of nitrogens with zero attached hydrogens (tertiary/aromatic N) is 5. The quantitative estimate of drug-likeness (QED) is 0.228. The fourth-order valence-corrected chi connectivity index (χ4v) is 4.46. The van der Waals surface area contributed by atoms with E-state index in [1.807, 2.05) is 18.2 Å². The third-order valence-corrected chi connectivity index (χ3v) is 6.68. The third-order valence-electron chi connectivity index (χ3n) is 6.68. The Kier molecular flexibility index (Phi) is 12.1. The molecule has 3 aliphatic heterocycles. The zero-order valence-corrected chi connectivity index (χ0v) is 23.7. The lowest BCUT2D eigenvalue weighted by molar-refractivity contribution is -0.134. The average Bonchev–Trinajstić information content (AvgIpc) is 3.21. The number of carboxylic acid groups (broad SMARTS) is 2. The molecule has 41 heavy (non-hydrogen) atoms. The molecule has 4 rings (SSSR count). The van der Waals surface area contributed by atoms with Crippen molar-refractivity contribution in [2.24, 2.45) is 5.10 Å². The van der Waals surface area contributed by atoms with Gasteiger partial charge in [-0.05, 0) is 51.1 Å². The molecule has 1 aromatic carbocycles. The van der Waals surface area contributed by atoms with Gasteiger partial charge in [-0.25, -0.2) is 19.4 Å². The Hall–Kier alpha value is -3.97.